The van der Waals surface area contributed by atoms with Crippen LogP contribution in [0.15, 0.2) is 11.8 Å². The van der Waals surface area contributed by atoms with Gasteiger partial charge < -0.3 is 9.36 Å². The van der Waals surface area contributed by atoms with Gasteiger partial charge in [0.2, 0.25) is 0 Å². The minimum Gasteiger partial charge on any atom is -0.429 e. The van der Waals surface area contributed by atoms with Gasteiger partial charge in [0, 0.05) is 0 Å². The van der Waals surface area contributed by atoms with Crippen molar-refractivity contribution in [1.29, 1.82) is 0 Å². The van der Waals surface area contributed by atoms with Crippen LogP contribution >= 0.6 is 8.60 Å². The van der Waals surface area contributed by atoms with E-state index in [9.17, 15) is 4.79 Å². The zero-order valence-electron chi connectivity index (χ0n) is 6.80. The van der Waals surface area contributed by atoms with Crippen LogP contribution in [0.5, 0.6) is 0 Å². The van der Waals surface area contributed by atoms with Crippen LogP contribution in [0.1, 0.15) is 6.92 Å². The first-order valence-electron chi connectivity index (χ1n) is 2.94. The van der Waals surface area contributed by atoms with Crippen LogP contribution < -0.4 is 17.7 Å². The number of nitrogens with two attached hydrogens (primary N) is 3. The number of carbonyl (C=O) groups excluding carboxylic acids is 1. The average Bonchev–Trinajstić information content (AvgIpc) is 2.13. The van der Waals surface area contributed by atoms with Crippen molar-refractivity contribution in [1.82, 2.24) is 0 Å². The molecule has 76 valence electrons. The van der Waals surface area contributed by atoms with Crippen molar-refractivity contribution in [3.63, 3.8) is 0 Å². The molecule has 0 radical (unpaired) electrons. The van der Waals surface area contributed by atoms with Gasteiger partial charge in [-0.3, -0.25) is 0 Å². The van der Waals surface area contributed by atoms with Gasteiger partial charge in [0.15, 0.2) is 0 Å². The molecule has 0 aliphatic rings. The molecular formula is C4H10N3O5P. The molecule has 13 heavy (non-hydrogen) atoms. The van der Waals surface area contributed by atoms with E-state index in [4.69, 9.17) is 16.3 Å². The third kappa shape index (κ3) is 5.47. The Bertz CT molecular complexity index is 194. The fourth-order valence-electron chi connectivity index (χ4n) is 0.412. The van der Waals surface area contributed by atoms with Gasteiger partial charge in [-0.1, -0.05) is 0 Å². The monoisotopic (exact) mass is 211 g/mol. The van der Waals surface area contributed by atoms with E-state index in [1.807, 2.05) is 0 Å². The standard InChI is InChI=1S/C4H10N3O5P/c1-3(2-4(8)9-5)10-13(11-6)12-7/h2H,5-7H2,1H3/b3-2-. The Morgan fingerprint density at radius 1 is 1.31 bits per heavy atom. The van der Waals surface area contributed by atoms with E-state index in [0.717, 1.165) is 6.08 Å². The van der Waals surface area contributed by atoms with Crippen LogP contribution in [0.25, 0.3) is 0 Å². The minimum absolute atomic E-state index is 0.150. The summed E-state index contributed by atoms with van der Waals surface area (Å²) in [6.45, 7) is 1.45. The quantitative estimate of drug-likeness (QED) is 0.236. The highest BCUT2D eigenvalue weighted by molar-refractivity contribution is 7.41. The maximum absolute atomic E-state index is 10.5. The third-order valence-electron chi connectivity index (χ3n) is 0.828. The number of rotatable bonds is 5. The van der Waals surface area contributed by atoms with Crippen LogP contribution in [0.2, 0.25) is 0 Å². The number of hydrogen-bond acceptors (Lipinski definition) is 8. The number of hydrogen-bond donors (Lipinski definition) is 3. The maximum atomic E-state index is 10.5. The Kier molecular flexibility index (Phi) is 6.33. The molecule has 0 aromatic heterocycles. The molecule has 0 amide bonds. The Morgan fingerprint density at radius 3 is 2.23 bits per heavy atom. The summed E-state index contributed by atoms with van der Waals surface area (Å²) in [6.07, 6.45) is 0.980. The van der Waals surface area contributed by atoms with Crippen molar-refractivity contribution < 1.29 is 23.4 Å². The first-order valence-corrected chi connectivity index (χ1v) is 4.04. The Balaban J connectivity index is 4.03. The molecule has 0 saturated carbocycles. The lowest BCUT2D eigenvalue weighted by molar-refractivity contribution is -0.138. The van der Waals surface area contributed by atoms with Crippen LogP contribution in [0, 0.1) is 0 Å². The van der Waals surface area contributed by atoms with Crippen molar-refractivity contribution in [3.05, 3.63) is 11.8 Å². The second kappa shape index (κ2) is 6.72. The minimum atomic E-state index is -1.89. The van der Waals surface area contributed by atoms with Crippen molar-refractivity contribution in [3.8, 4) is 0 Å². The first-order chi connectivity index (χ1) is 6.13. The van der Waals surface area contributed by atoms with E-state index < -0.39 is 14.6 Å². The summed E-state index contributed by atoms with van der Waals surface area (Å²) in [5.41, 5.74) is 0. The lowest BCUT2D eigenvalue weighted by Crippen LogP contribution is -2.08. The lowest BCUT2D eigenvalue weighted by Gasteiger charge is -2.10. The molecule has 0 unspecified atom stereocenters. The molecule has 9 heteroatoms. The van der Waals surface area contributed by atoms with Crippen LogP contribution in [0.4, 0.5) is 0 Å². The largest absolute Gasteiger partial charge is 0.432 e. The predicted octanol–water partition coefficient (Wildman–Crippen LogP) is -0.669. The second-order valence-corrected chi connectivity index (χ2v) is 2.77. The van der Waals surface area contributed by atoms with Gasteiger partial charge >= 0.3 is 14.6 Å². The molecule has 0 aromatic carbocycles. The van der Waals surface area contributed by atoms with Crippen molar-refractivity contribution in [2.75, 3.05) is 0 Å². The summed E-state index contributed by atoms with van der Waals surface area (Å²) in [5, 5.41) is 0. The fourth-order valence-corrected chi connectivity index (χ4v) is 0.835. The molecule has 0 aliphatic heterocycles. The molecule has 0 aliphatic carbocycles. The summed E-state index contributed by atoms with van der Waals surface area (Å²) in [4.78, 5) is 14.4. The zero-order chi connectivity index (χ0) is 10.3. The van der Waals surface area contributed by atoms with E-state index in [2.05, 4.69) is 20.0 Å². The highest BCUT2D eigenvalue weighted by atomic mass is 31.2. The number of carbonyl (C=O) groups is 1. The van der Waals surface area contributed by atoms with Crippen LogP contribution in [0.3, 0.4) is 0 Å². The van der Waals surface area contributed by atoms with Gasteiger partial charge in [-0.2, -0.15) is 5.90 Å². The molecule has 8 nitrogen and oxygen atoms in total. The lowest BCUT2D eigenvalue weighted by atomic mass is 10.5. The summed E-state index contributed by atoms with van der Waals surface area (Å²) in [7, 11) is -1.89. The first kappa shape index (κ1) is 12.2. The maximum Gasteiger partial charge on any atom is 0.432 e. The topological polar surface area (TPSA) is 132 Å². The highest BCUT2D eigenvalue weighted by Gasteiger charge is 2.12. The average molecular weight is 211 g/mol. The smallest absolute Gasteiger partial charge is 0.429 e. The molecule has 0 saturated heterocycles. The fraction of sp³-hybridized carbons (Fsp3) is 0.250. The number of allylic oxidation sites excluding steroid dienone is 1. The second-order valence-electron chi connectivity index (χ2n) is 1.72. The molecule has 0 spiro atoms. The molecular weight excluding hydrogens is 201 g/mol. The van der Waals surface area contributed by atoms with Gasteiger partial charge in [0.25, 0.3) is 0 Å². The SMILES string of the molecule is C/C(=C/C(=O)ON)OP(ON)ON. The predicted molar refractivity (Wildman–Crippen MR) is 42.6 cm³/mol. The van der Waals surface area contributed by atoms with Crippen molar-refractivity contribution >= 4 is 14.6 Å². The normalized spacial score (nSPS) is 11.6. The van der Waals surface area contributed by atoms with E-state index in [1.165, 1.54) is 6.92 Å². The summed E-state index contributed by atoms with van der Waals surface area (Å²) < 4.78 is 13.1. The summed E-state index contributed by atoms with van der Waals surface area (Å²) >= 11 is 0. The summed E-state index contributed by atoms with van der Waals surface area (Å²) in [5.74, 6) is 13.4. The van der Waals surface area contributed by atoms with Crippen molar-refractivity contribution in [2.45, 2.75) is 6.92 Å². The molecule has 0 aromatic rings. The molecule has 6 N–H and O–H groups in total. The third-order valence-corrected chi connectivity index (χ3v) is 1.61. The van der Waals surface area contributed by atoms with Gasteiger partial charge in [-0.25, -0.2) is 25.8 Å². The summed E-state index contributed by atoms with van der Waals surface area (Å²) in [6, 6.07) is 0. The van der Waals surface area contributed by atoms with Gasteiger partial charge in [-0.15, -0.1) is 0 Å². The van der Waals surface area contributed by atoms with E-state index in [-0.39, 0.29) is 5.76 Å². The van der Waals surface area contributed by atoms with E-state index in [1.54, 1.807) is 0 Å². The molecule has 0 rings (SSSR count). The van der Waals surface area contributed by atoms with Crippen molar-refractivity contribution in [2.24, 2.45) is 17.7 Å². The molecule has 0 atom stereocenters. The van der Waals surface area contributed by atoms with Crippen LogP contribution in [-0.4, -0.2) is 5.97 Å². The van der Waals surface area contributed by atoms with E-state index >= 15 is 0 Å². The highest BCUT2D eigenvalue weighted by Crippen LogP contribution is 2.37. The Labute approximate surface area is 75.4 Å². The molecule has 0 fully saturated rings. The van der Waals surface area contributed by atoms with E-state index in [0.29, 0.717) is 0 Å². The molecule has 0 bridgehead atoms. The van der Waals surface area contributed by atoms with Gasteiger partial charge in [0.05, 0.1) is 6.08 Å². The van der Waals surface area contributed by atoms with Gasteiger partial charge in [0.1, 0.15) is 5.76 Å². The van der Waals surface area contributed by atoms with Crippen LogP contribution in [-0.2, 0) is 23.4 Å². The molecule has 0 heterocycles. The Morgan fingerprint density at radius 2 is 1.85 bits per heavy atom. The van der Waals surface area contributed by atoms with Gasteiger partial charge in [-0.05, 0) is 6.92 Å². The Hall–Kier alpha value is -0.760. The zero-order valence-corrected chi connectivity index (χ0v) is 7.69.